The molecule has 2 aliphatic carbocycles. The van der Waals surface area contributed by atoms with Crippen molar-refractivity contribution in [1.82, 2.24) is 10.2 Å². The maximum Gasteiger partial charge on any atom is 0.573 e. The van der Waals surface area contributed by atoms with Crippen LogP contribution < -0.4 is 10.1 Å². The molecule has 36 heavy (non-hydrogen) atoms. The van der Waals surface area contributed by atoms with Gasteiger partial charge in [-0.3, -0.25) is 9.69 Å². The largest absolute Gasteiger partial charge is 0.573 e. The van der Waals surface area contributed by atoms with E-state index in [0.29, 0.717) is 17.5 Å². The van der Waals surface area contributed by atoms with Crippen molar-refractivity contribution >= 4 is 12.0 Å². The summed E-state index contributed by atoms with van der Waals surface area (Å²) in [6.45, 7) is 6.54. The molecule has 3 aliphatic rings. The van der Waals surface area contributed by atoms with Gasteiger partial charge in [-0.2, -0.15) is 0 Å². The maximum atomic E-state index is 13.1. The predicted molar refractivity (Wildman–Crippen MR) is 133 cm³/mol. The van der Waals surface area contributed by atoms with Gasteiger partial charge in [0.05, 0.1) is 0 Å². The lowest BCUT2D eigenvalue weighted by Crippen LogP contribution is -2.50. The summed E-state index contributed by atoms with van der Waals surface area (Å²) in [5, 5.41) is 2.95. The van der Waals surface area contributed by atoms with Gasteiger partial charge < -0.3 is 10.1 Å². The van der Waals surface area contributed by atoms with E-state index in [1.165, 1.54) is 29.3 Å². The minimum Gasteiger partial charge on any atom is -0.406 e. The van der Waals surface area contributed by atoms with Crippen molar-refractivity contribution in [2.75, 3.05) is 13.1 Å². The van der Waals surface area contributed by atoms with Crippen molar-refractivity contribution in [3.8, 4) is 5.75 Å². The molecule has 0 aromatic heterocycles. The first-order chi connectivity index (χ1) is 17.1. The van der Waals surface area contributed by atoms with Gasteiger partial charge in [-0.05, 0) is 67.0 Å². The Kier molecular flexibility index (Phi) is 6.39. The number of amides is 1. The number of alkyl halides is 3. The second-order valence-corrected chi connectivity index (χ2v) is 10.9. The molecule has 0 radical (unpaired) electrons. The highest BCUT2D eigenvalue weighted by Gasteiger charge is 2.48. The Morgan fingerprint density at radius 2 is 1.97 bits per heavy atom. The minimum absolute atomic E-state index is 0.0404. The van der Waals surface area contributed by atoms with Crippen molar-refractivity contribution in [3.63, 3.8) is 0 Å². The monoisotopic (exact) mass is 498 g/mol. The van der Waals surface area contributed by atoms with Gasteiger partial charge in [0.15, 0.2) is 0 Å². The van der Waals surface area contributed by atoms with Crippen molar-refractivity contribution in [2.24, 2.45) is 11.3 Å². The number of halogens is 3. The molecule has 192 valence electrons. The van der Waals surface area contributed by atoms with E-state index in [4.69, 9.17) is 0 Å². The summed E-state index contributed by atoms with van der Waals surface area (Å²) in [4.78, 5) is 15.7. The van der Waals surface area contributed by atoms with Gasteiger partial charge in [-0.25, -0.2) is 0 Å². The van der Waals surface area contributed by atoms with Crippen LogP contribution in [-0.2, 0) is 16.8 Å². The summed E-state index contributed by atoms with van der Waals surface area (Å²) in [6.07, 6.45) is 3.59. The first-order valence-corrected chi connectivity index (χ1v) is 12.7. The van der Waals surface area contributed by atoms with Crippen LogP contribution in [-0.4, -0.2) is 36.3 Å². The zero-order valence-electron chi connectivity index (χ0n) is 20.8. The van der Waals surface area contributed by atoms with Crippen LogP contribution in [0.2, 0.25) is 0 Å². The third-order valence-corrected chi connectivity index (χ3v) is 8.59. The molecule has 4 atom stereocenters. The summed E-state index contributed by atoms with van der Waals surface area (Å²) in [6, 6.07) is 14.8. The van der Waals surface area contributed by atoms with Gasteiger partial charge in [-0.15, -0.1) is 13.2 Å². The van der Waals surface area contributed by atoms with Gasteiger partial charge in [0.1, 0.15) is 5.75 Å². The molecule has 1 amide bonds. The molecule has 7 heteroatoms. The molecule has 1 heterocycles. The van der Waals surface area contributed by atoms with Gasteiger partial charge in [-0.1, -0.05) is 62.4 Å². The number of fused-ring (bicyclic) bond motifs is 2. The van der Waals surface area contributed by atoms with Crippen molar-refractivity contribution in [1.29, 1.82) is 0 Å². The number of carbonyl (C=O) groups excluding carboxylic acids is 1. The Hall–Kier alpha value is -2.80. The maximum absolute atomic E-state index is 13.1. The minimum atomic E-state index is -4.74. The molecular formula is C29H33F3N2O2. The number of hydrogen-bond donors (Lipinski definition) is 1. The molecule has 2 unspecified atom stereocenters. The lowest BCUT2D eigenvalue weighted by molar-refractivity contribution is -0.274. The molecule has 1 saturated heterocycles. The van der Waals surface area contributed by atoms with Crippen molar-refractivity contribution in [3.05, 3.63) is 71.3 Å². The quantitative estimate of drug-likeness (QED) is 0.544. The summed E-state index contributed by atoms with van der Waals surface area (Å²) >= 11 is 0. The van der Waals surface area contributed by atoms with E-state index >= 15 is 0 Å². The van der Waals surface area contributed by atoms with Crippen LogP contribution in [0.15, 0.2) is 54.6 Å². The average molecular weight is 499 g/mol. The molecule has 0 bridgehead atoms. The molecule has 1 spiro atoms. The fraction of sp³-hybridized carbons (Fsp3) is 0.483. The van der Waals surface area contributed by atoms with Crippen LogP contribution in [0.4, 0.5) is 13.2 Å². The number of ether oxygens (including phenoxy) is 1. The van der Waals surface area contributed by atoms with Gasteiger partial charge >= 0.3 is 6.36 Å². The second-order valence-electron chi connectivity index (χ2n) is 10.9. The van der Waals surface area contributed by atoms with E-state index in [1.54, 1.807) is 6.07 Å². The van der Waals surface area contributed by atoms with Crippen LogP contribution in [0.1, 0.15) is 56.2 Å². The molecule has 2 aromatic carbocycles. The first kappa shape index (κ1) is 24.9. The average Bonchev–Trinajstić information content (AvgIpc) is 3.41. The van der Waals surface area contributed by atoms with Gasteiger partial charge in [0.2, 0.25) is 5.91 Å². The summed E-state index contributed by atoms with van der Waals surface area (Å²) in [7, 11) is 0. The summed E-state index contributed by atoms with van der Waals surface area (Å²) in [5.74, 6) is 0.164. The third-order valence-electron chi connectivity index (χ3n) is 8.59. The Labute approximate surface area is 210 Å². The Morgan fingerprint density at radius 3 is 2.75 bits per heavy atom. The highest BCUT2D eigenvalue weighted by atomic mass is 19.4. The fourth-order valence-corrected chi connectivity index (χ4v) is 6.53. The van der Waals surface area contributed by atoms with Crippen LogP contribution >= 0.6 is 0 Å². The molecule has 1 saturated carbocycles. The number of piperidine rings is 1. The van der Waals surface area contributed by atoms with Gasteiger partial charge in [0, 0.05) is 30.0 Å². The predicted octanol–water partition coefficient (Wildman–Crippen LogP) is 6.07. The molecule has 5 rings (SSSR count). The molecule has 2 aromatic rings. The number of likely N-dealkylation sites (tertiary alicyclic amines) is 1. The Morgan fingerprint density at radius 1 is 1.17 bits per heavy atom. The van der Waals surface area contributed by atoms with Crippen LogP contribution in [0, 0.1) is 11.3 Å². The fourth-order valence-electron chi connectivity index (χ4n) is 6.53. The lowest BCUT2D eigenvalue weighted by Gasteiger charge is -2.46. The number of rotatable bonds is 5. The van der Waals surface area contributed by atoms with E-state index in [0.717, 1.165) is 38.8 Å². The van der Waals surface area contributed by atoms with E-state index in [-0.39, 0.29) is 23.6 Å². The summed E-state index contributed by atoms with van der Waals surface area (Å²) < 4.78 is 41.5. The highest BCUT2D eigenvalue weighted by Crippen LogP contribution is 2.49. The van der Waals surface area contributed by atoms with E-state index in [9.17, 15) is 18.0 Å². The number of nitrogens with one attached hydrogen (secondary N) is 1. The van der Waals surface area contributed by atoms with E-state index in [2.05, 4.69) is 58.3 Å². The SMILES string of the molecule is C[C@H]1CN(C2CCC(C)(C(=O)NCc3cccc(OC(F)(F)F)c3)C2)CC[C@@]12C=Cc1ccccc12. The highest BCUT2D eigenvalue weighted by molar-refractivity contribution is 5.82. The van der Waals surface area contributed by atoms with Crippen LogP contribution in [0.25, 0.3) is 6.08 Å². The summed E-state index contributed by atoms with van der Waals surface area (Å²) in [5.41, 5.74) is 2.97. The standard InChI is InChI=1S/C29H33F3N2O2/c1-20-19-34(15-14-28(20)13-10-22-7-3-4-9-25(22)28)23-11-12-27(2,17-23)26(35)33-18-21-6-5-8-24(16-21)36-29(30,31)32/h3-10,13,16,20,23H,11-12,14-15,17-19H2,1-2H3,(H,33,35)/t20-,23?,27?,28-/m0/s1. The number of benzene rings is 2. The number of nitrogens with zero attached hydrogens (tertiary/aromatic N) is 1. The number of carbonyl (C=O) groups is 1. The van der Waals surface area contributed by atoms with E-state index in [1.807, 2.05) is 6.92 Å². The van der Waals surface area contributed by atoms with Crippen molar-refractivity contribution < 1.29 is 22.7 Å². The van der Waals surface area contributed by atoms with Crippen molar-refractivity contribution in [2.45, 2.75) is 63.9 Å². The topological polar surface area (TPSA) is 41.6 Å². The van der Waals surface area contributed by atoms with E-state index < -0.39 is 11.8 Å². The first-order valence-electron chi connectivity index (χ1n) is 12.7. The number of hydrogen-bond acceptors (Lipinski definition) is 3. The second kappa shape index (κ2) is 9.25. The molecule has 1 N–H and O–H groups in total. The third kappa shape index (κ3) is 4.77. The Balaban J connectivity index is 1.17. The molecular weight excluding hydrogens is 465 g/mol. The zero-order valence-corrected chi connectivity index (χ0v) is 20.8. The zero-order chi connectivity index (χ0) is 25.6. The number of allylic oxidation sites excluding steroid dienone is 1. The van der Waals surface area contributed by atoms with Crippen LogP contribution in [0.3, 0.4) is 0 Å². The van der Waals surface area contributed by atoms with Gasteiger partial charge in [0.25, 0.3) is 0 Å². The molecule has 4 nitrogen and oxygen atoms in total. The normalized spacial score (nSPS) is 29.9. The molecule has 2 fully saturated rings. The molecule has 1 aliphatic heterocycles. The lowest BCUT2D eigenvalue weighted by atomic mass is 9.68. The Bertz CT molecular complexity index is 1160. The smallest absolute Gasteiger partial charge is 0.406 e. The van der Waals surface area contributed by atoms with Crippen LogP contribution in [0.5, 0.6) is 5.75 Å².